The maximum absolute atomic E-state index is 12.7. The fourth-order valence-corrected chi connectivity index (χ4v) is 3.49. The fourth-order valence-electron chi connectivity index (χ4n) is 3.36. The second kappa shape index (κ2) is 8.44. The van der Waals surface area contributed by atoms with Gasteiger partial charge in [0, 0.05) is 18.0 Å². The predicted molar refractivity (Wildman–Crippen MR) is 103 cm³/mol. The quantitative estimate of drug-likeness (QED) is 0.682. The molecule has 0 N–H and O–H groups in total. The van der Waals surface area contributed by atoms with Gasteiger partial charge in [0.05, 0.1) is 20.1 Å². The molecular formula is C21H22ClNO4. The summed E-state index contributed by atoms with van der Waals surface area (Å²) in [5, 5.41) is 0.654. The molecule has 0 radical (unpaired) electrons. The molecule has 1 aliphatic rings. The molecule has 0 aliphatic carbocycles. The van der Waals surface area contributed by atoms with Gasteiger partial charge in [-0.15, -0.1) is 0 Å². The molecule has 142 valence electrons. The summed E-state index contributed by atoms with van der Waals surface area (Å²) in [5.41, 5.74) is 1.90. The van der Waals surface area contributed by atoms with Gasteiger partial charge in [0.2, 0.25) is 11.8 Å². The van der Waals surface area contributed by atoms with Gasteiger partial charge in [-0.05, 0) is 54.3 Å². The number of halogens is 1. The van der Waals surface area contributed by atoms with E-state index < -0.39 is 0 Å². The monoisotopic (exact) mass is 387 g/mol. The highest BCUT2D eigenvalue weighted by atomic mass is 35.5. The Labute approximate surface area is 163 Å². The Balaban J connectivity index is 1.66. The molecule has 0 spiro atoms. The third-order valence-electron chi connectivity index (χ3n) is 4.83. The van der Waals surface area contributed by atoms with E-state index in [1.54, 1.807) is 26.4 Å². The highest BCUT2D eigenvalue weighted by molar-refractivity contribution is 6.30. The number of methoxy groups -OCH3 is 2. The zero-order valence-corrected chi connectivity index (χ0v) is 16.2. The zero-order chi connectivity index (χ0) is 19.4. The Morgan fingerprint density at radius 1 is 1.07 bits per heavy atom. The van der Waals surface area contributed by atoms with Crippen molar-refractivity contribution in [2.75, 3.05) is 20.8 Å². The van der Waals surface area contributed by atoms with Crippen molar-refractivity contribution in [2.24, 2.45) is 5.92 Å². The van der Waals surface area contributed by atoms with E-state index in [0.717, 1.165) is 11.1 Å². The first kappa shape index (κ1) is 19.2. The standard InChI is InChI=1S/C21H22ClNO4/c1-26-18-7-8-19(27-2)15(12-18)9-10-23-20(24)13-16(21(23)25)11-14-3-5-17(22)6-4-14/h3-8,12,16H,9-11,13H2,1-2H3/t16-/m1/s1. The van der Waals surface area contributed by atoms with Crippen molar-refractivity contribution in [3.63, 3.8) is 0 Å². The molecule has 2 aromatic carbocycles. The molecule has 0 bridgehead atoms. The minimum Gasteiger partial charge on any atom is -0.497 e. The van der Waals surface area contributed by atoms with Crippen LogP contribution >= 0.6 is 11.6 Å². The van der Waals surface area contributed by atoms with Gasteiger partial charge in [-0.1, -0.05) is 23.7 Å². The van der Waals surface area contributed by atoms with Crippen LogP contribution in [0.25, 0.3) is 0 Å². The van der Waals surface area contributed by atoms with Gasteiger partial charge in [0.25, 0.3) is 0 Å². The van der Waals surface area contributed by atoms with Crippen molar-refractivity contribution in [1.82, 2.24) is 4.90 Å². The van der Waals surface area contributed by atoms with E-state index >= 15 is 0 Å². The van der Waals surface area contributed by atoms with Gasteiger partial charge in [-0.3, -0.25) is 14.5 Å². The van der Waals surface area contributed by atoms with Crippen LogP contribution in [-0.2, 0) is 22.4 Å². The highest BCUT2D eigenvalue weighted by Crippen LogP contribution is 2.27. The van der Waals surface area contributed by atoms with E-state index in [9.17, 15) is 9.59 Å². The molecule has 0 unspecified atom stereocenters. The number of rotatable bonds is 7. The first-order valence-corrected chi connectivity index (χ1v) is 9.19. The molecule has 5 nitrogen and oxygen atoms in total. The minimum atomic E-state index is -0.314. The van der Waals surface area contributed by atoms with Crippen molar-refractivity contribution in [1.29, 1.82) is 0 Å². The molecule has 6 heteroatoms. The van der Waals surface area contributed by atoms with Gasteiger partial charge in [-0.25, -0.2) is 0 Å². The van der Waals surface area contributed by atoms with Crippen LogP contribution in [0.4, 0.5) is 0 Å². The Hall–Kier alpha value is -2.53. The molecule has 1 atom stereocenters. The number of ether oxygens (including phenoxy) is 2. The SMILES string of the molecule is COc1ccc(OC)c(CCN2C(=O)C[C@@H](Cc3ccc(Cl)cc3)C2=O)c1. The lowest BCUT2D eigenvalue weighted by atomic mass is 9.98. The first-order chi connectivity index (χ1) is 13.0. The van der Waals surface area contributed by atoms with Crippen molar-refractivity contribution >= 4 is 23.4 Å². The number of hydrogen-bond acceptors (Lipinski definition) is 4. The Morgan fingerprint density at radius 3 is 2.48 bits per heavy atom. The van der Waals surface area contributed by atoms with E-state index in [1.165, 1.54) is 4.90 Å². The number of imide groups is 1. The van der Waals surface area contributed by atoms with Crippen molar-refractivity contribution in [3.05, 3.63) is 58.6 Å². The Morgan fingerprint density at radius 2 is 1.81 bits per heavy atom. The summed E-state index contributed by atoms with van der Waals surface area (Å²) in [6.45, 7) is 0.332. The second-order valence-electron chi connectivity index (χ2n) is 6.54. The minimum absolute atomic E-state index is 0.114. The maximum atomic E-state index is 12.7. The van der Waals surface area contributed by atoms with Gasteiger partial charge in [0.1, 0.15) is 11.5 Å². The molecular weight excluding hydrogens is 366 g/mol. The number of carbonyl (C=O) groups is 2. The highest BCUT2D eigenvalue weighted by Gasteiger charge is 2.38. The lowest BCUT2D eigenvalue weighted by Crippen LogP contribution is -2.33. The van der Waals surface area contributed by atoms with Crippen molar-refractivity contribution in [3.8, 4) is 11.5 Å². The summed E-state index contributed by atoms with van der Waals surface area (Å²) in [6, 6.07) is 12.9. The Kier molecular flexibility index (Phi) is 6.01. The van der Waals surface area contributed by atoms with Crippen LogP contribution in [-0.4, -0.2) is 37.5 Å². The number of amides is 2. The number of likely N-dealkylation sites (tertiary alicyclic amines) is 1. The zero-order valence-electron chi connectivity index (χ0n) is 15.4. The predicted octanol–water partition coefficient (Wildman–Crippen LogP) is 3.52. The van der Waals surface area contributed by atoms with Crippen molar-refractivity contribution in [2.45, 2.75) is 19.3 Å². The van der Waals surface area contributed by atoms with E-state index in [4.69, 9.17) is 21.1 Å². The smallest absolute Gasteiger partial charge is 0.233 e. The van der Waals surface area contributed by atoms with Crippen LogP contribution in [0.5, 0.6) is 11.5 Å². The molecule has 0 aromatic heterocycles. The number of benzene rings is 2. The average Bonchev–Trinajstić information content (AvgIpc) is 2.94. The van der Waals surface area contributed by atoms with E-state index in [1.807, 2.05) is 30.3 Å². The van der Waals surface area contributed by atoms with Gasteiger partial charge >= 0.3 is 0 Å². The average molecular weight is 388 g/mol. The normalized spacial score (nSPS) is 16.7. The molecule has 2 amide bonds. The Bertz CT molecular complexity index is 835. The van der Waals surface area contributed by atoms with E-state index in [-0.39, 0.29) is 24.2 Å². The topological polar surface area (TPSA) is 55.8 Å². The van der Waals surface area contributed by atoms with Gasteiger partial charge in [-0.2, -0.15) is 0 Å². The number of hydrogen-bond donors (Lipinski definition) is 0. The molecule has 1 fully saturated rings. The molecule has 3 rings (SSSR count). The van der Waals surface area contributed by atoms with Crippen LogP contribution in [0.2, 0.25) is 5.02 Å². The second-order valence-corrected chi connectivity index (χ2v) is 6.98. The van der Waals surface area contributed by atoms with Crippen LogP contribution < -0.4 is 9.47 Å². The number of carbonyl (C=O) groups excluding carboxylic acids is 2. The largest absolute Gasteiger partial charge is 0.497 e. The van der Waals surface area contributed by atoms with Gasteiger partial charge in [0.15, 0.2) is 0 Å². The number of nitrogens with zero attached hydrogens (tertiary/aromatic N) is 1. The third kappa shape index (κ3) is 4.42. The molecule has 27 heavy (non-hydrogen) atoms. The summed E-state index contributed by atoms with van der Waals surface area (Å²) < 4.78 is 10.6. The summed E-state index contributed by atoms with van der Waals surface area (Å²) >= 11 is 5.90. The summed E-state index contributed by atoms with van der Waals surface area (Å²) in [4.78, 5) is 26.4. The third-order valence-corrected chi connectivity index (χ3v) is 5.08. The molecule has 0 saturated carbocycles. The lowest BCUT2D eigenvalue weighted by Gasteiger charge is -2.17. The summed E-state index contributed by atoms with van der Waals surface area (Å²) in [6.07, 6.45) is 1.31. The summed E-state index contributed by atoms with van der Waals surface area (Å²) in [7, 11) is 3.19. The first-order valence-electron chi connectivity index (χ1n) is 8.81. The van der Waals surface area contributed by atoms with E-state index in [0.29, 0.717) is 35.9 Å². The molecule has 1 aliphatic heterocycles. The van der Waals surface area contributed by atoms with Crippen molar-refractivity contribution < 1.29 is 19.1 Å². The van der Waals surface area contributed by atoms with E-state index in [2.05, 4.69) is 0 Å². The summed E-state index contributed by atoms with van der Waals surface area (Å²) in [5.74, 6) is 0.876. The van der Waals surface area contributed by atoms with Crippen LogP contribution in [0.1, 0.15) is 17.5 Å². The van der Waals surface area contributed by atoms with Crippen LogP contribution in [0.15, 0.2) is 42.5 Å². The van der Waals surface area contributed by atoms with Crippen LogP contribution in [0, 0.1) is 5.92 Å². The lowest BCUT2D eigenvalue weighted by molar-refractivity contribution is -0.139. The van der Waals surface area contributed by atoms with Crippen LogP contribution in [0.3, 0.4) is 0 Å². The molecule has 2 aromatic rings. The molecule has 1 heterocycles. The maximum Gasteiger partial charge on any atom is 0.233 e. The van der Waals surface area contributed by atoms with Gasteiger partial charge < -0.3 is 9.47 Å². The fraction of sp³-hybridized carbons (Fsp3) is 0.333. The molecule has 1 saturated heterocycles.